The first-order valence-corrected chi connectivity index (χ1v) is 9.49. The van der Waals surface area contributed by atoms with E-state index in [0.717, 1.165) is 31.6 Å². The Balaban J connectivity index is 1.68. The van der Waals surface area contributed by atoms with Crippen molar-refractivity contribution < 1.29 is 19.1 Å². The van der Waals surface area contributed by atoms with E-state index in [2.05, 4.69) is 10.3 Å². The van der Waals surface area contributed by atoms with Gasteiger partial charge in [-0.1, -0.05) is 29.8 Å². The number of benzene rings is 1. The molecule has 3 amide bonds. The zero-order valence-corrected chi connectivity index (χ0v) is 16.3. The van der Waals surface area contributed by atoms with Gasteiger partial charge in [0.25, 0.3) is 5.91 Å². The molecular formula is C19H21N3O4S. The van der Waals surface area contributed by atoms with Crippen LogP contribution in [0.1, 0.15) is 22.4 Å². The summed E-state index contributed by atoms with van der Waals surface area (Å²) in [6.07, 6.45) is -0.989. The van der Waals surface area contributed by atoms with E-state index in [9.17, 15) is 14.4 Å². The molecule has 0 saturated carbocycles. The summed E-state index contributed by atoms with van der Waals surface area (Å²) in [5, 5.41) is 3.40. The number of imide groups is 1. The fraction of sp³-hybridized carbons (Fsp3) is 0.368. The molecule has 0 radical (unpaired) electrons. The van der Waals surface area contributed by atoms with Gasteiger partial charge in [0.05, 0.1) is 17.1 Å². The highest BCUT2D eigenvalue weighted by Crippen LogP contribution is 2.29. The van der Waals surface area contributed by atoms with Crippen LogP contribution in [0.25, 0.3) is 11.3 Å². The van der Waals surface area contributed by atoms with E-state index >= 15 is 0 Å². The largest absolute Gasteiger partial charge is 0.452 e. The quantitative estimate of drug-likeness (QED) is 0.796. The Kier molecular flexibility index (Phi) is 5.55. The molecule has 1 fully saturated rings. The second kappa shape index (κ2) is 7.87. The molecule has 2 aromatic rings. The number of rotatable bonds is 5. The molecule has 0 spiro atoms. The third kappa shape index (κ3) is 4.33. The number of ether oxygens (including phenoxy) is 1. The van der Waals surface area contributed by atoms with Gasteiger partial charge >= 0.3 is 12.0 Å². The van der Waals surface area contributed by atoms with E-state index in [0.29, 0.717) is 6.54 Å². The van der Waals surface area contributed by atoms with Gasteiger partial charge in [-0.15, -0.1) is 11.3 Å². The number of thiazole rings is 1. The van der Waals surface area contributed by atoms with Gasteiger partial charge in [-0.3, -0.25) is 14.5 Å². The number of urea groups is 1. The lowest BCUT2D eigenvalue weighted by atomic mass is 10.1. The van der Waals surface area contributed by atoms with Crippen molar-refractivity contribution in [2.45, 2.75) is 33.3 Å². The molecule has 7 nitrogen and oxygen atoms in total. The van der Waals surface area contributed by atoms with Gasteiger partial charge in [0, 0.05) is 23.5 Å². The Morgan fingerprint density at radius 2 is 2.00 bits per heavy atom. The Hall–Kier alpha value is -2.74. The molecule has 8 heteroatoms. The Morgan fingerprint density at radius 1 is 1.30 bits per heavy atom. The van der Waals surface area contributed by atoms with E-state index in [1.54, 1.807) is 0 Å². The SMILES string of the molecule is Cc1ccc(-c2nc(C)sc2CC(=O)O[C@H](C)C(=O)N2CCNC2=O)cc1. The highest BCUT2D eigenvalue weighted by molar-refractivity contribution is 7.12. The molecule has 1 aromatic carbocycles. The van der Waals surface area contributed by atoms with Crippen LogP contribution in [0.15, 0.2) is 24.3 Å². The lowest BCUT2D eigenvalue weighted by molar-refractivity contribution is -0.156. The number of carbonyl (C=O) groups is 3. The number of carbonyl (C=O) groups excluding carboxylic acids is 3. The second-order valence-corrected chi connectivity index (χ2v) is 7.69. The predicted molar refractivity (Wildman–Crippen MR) is 101 cm³/mol. The number of nitrogens with one attached hydrogen (secondary N) is 1. The van der Waals surface area contributed by atoms with Crippen LogP contribution in [0, 0.1) is 13.8 Å². The summed E-state index contributed by atoms with van der Waals surface area (Å²) in [4.78, 5) is 42.6. The zero-order chi connectivity index (χ0) is 19.6. The lowest BCUT2D eigenvalue weighted by Crippen LogP contribution is -2.42. The summed E-state index contributed by atoms with van der Waals surface area (Å²) in [5.74, 6) is -1.04. The van der Waals surface area contributed by atoms with E-state index in [1.807, 2.05) is 38.1 Å². The summed E-state index contributed by atoms with van der Waals surface area (Å²) in [6, 6.07) is 7.47. The highest BCUT2D eigenvalue weighted by atomic mass is 32.1. The van der Waals surface area contributed by atoms with E-state index in [-0.39, 0.29) is 13.0 Å². The topological polar surface area (TPSA) is 88.6 Å². The maximum absolute atomic E-state index is 12.4. The van der Waals surface area contributed by atoms with Gasteiger partial charge in [0.15, 0.2) is 6.10 Å². The summed E-state index contributed by atoms with van der Waals surface area (Å²) >= 11 is 1.43. The number of nitrogens with zero attached hydrogens (tertiary/aromatic N) is 2. The fourth-order valence-corrected chi connectivity index (χ4v) is 3.79. The maximum Gasteiger partial charge on any atom is 0.324 e. The average molecular weight is 387 g/mol. The fourth-order valence-electron chi connectivity index (χ4n) is 2.85. The number of hydrogen-bond acceptors (Lipinski definition) is 6. The molecule has 0 bridgehead atoms. The number of amides is 3. The molecule has 0 aliphatic carbocycles. The standard InChI is InChI=1S/C19H21N3O4S/c1-11-4-6-14(7-5-11)17-15(27-13(3)21-17)10-16(23)26-12(2)18(24)22-9-8-20-19(22)25/h4-7,12H,8-10H2,1-3H3,(H,20,25)/t12-/m1/s1. The summed E-state index contributed by atoms with van der Waals surface area (Å²) in [6.45, 7) is 6.06. The van der Waals surface area contributed by atoms with E-state index in [1.165, 1.54) is 18.3 Å². The Morgan fingerprint density at radius 3 is 2.63 bits per heavy atom. The first kappa shape index (κ1) is 19.0. The van der Waals surface area contributed by atoms with Crippen LogP contribution in [-0.4, -0.2) is 47.0 Å². The van der Waals surface area contributed by atoms with E-state index in [4.69, 9.17) is 4.74 Å². The van der Waals surface area contributed by atoms with Crippen molar-refractivity contribution in [3.8, 4) is 11.3 Å². The third-order valence-corrected chi connectivity index (χ3v) is 5.18. The molecule has 2 heterocycles. The van der Waals surface area contributed by atoms with Crippen molar-refractivity contribution in [3.05, 3.63) is 39.7 Å². The lowest BCUT2D eigenvalue weighted by Gasteiger charge is -2.18. The number of esters is 1. The van der Waals surface area contributed by atoms with Crippen LogP contribution in [-0.2, 0) is 20.7 Å². The van der Waals surface area contributed by atoms with Crippen molar-refractivity contribution >= 4 is 29.2 Å². The van der Waals surface area contributed by atoms with Gasteiger partial charge in [-0.25, -0.2) is 9.78 Å². The van der Waals surface area contributed by atoms with Crippen LogP contribution in [0.3, 0.4) is 0 Å². The van der Waals surface area contributed by atoms with Gasteiger partial charge in [0.1, 0.15) is 0 Å². The summed E-state index contributed by atoms with van der Waals surface area (Å²) in [7, 11) is 0. The molecule has 1 N–H and O–H groups in total. The monoisotopic (exact) mass is 387 g/mol. The molecule has 1 atom stereocenters. The average Bonchev–Trinajstić information content (AvgIpc) is 3.20. The van der Waals surface area contributed by atoms with Crippen molar-refractivity contribution in [1.29, 1.82) is 0 Å². The minimum Gasteiger partial charge on any atom is -0.452 e. The van der Waals surface area contributed by atoms with Gasteiger partial charge in [-0.05, 0) is 20.8 Å². The van der Waals surface area contributed by atoms with Crippen molar-refractivity contribution in [1.82, 2.24) is 15.2 Å². The minimum absolute atomic E-state index is 0.0263. The van der Waals surface area contributed by atoms with Gasteiger partial charge in [-0.2, -0.15) is 0 Å². The third-order valence-electron chi connectivity index (χ3n) is 4.21. The van der Waals surface area contributed by atoms with Crippen molar-refractivity contribution in [2.24, 2.45) is 0 Å². The molecule has 1 aromatic heterocycles. The van der Waals surface area contributed by atoms with Crippen LogP contribution in [0.4, 0.5) is 4.79 Å². The first-order chi connectivity index (χ1) is 12.8. The molecule has 0 unspecified atom stereocenters. The molecule has 142 valence electrons. The zero-order valence-electron chi connectivity index (χ0n) is 15.4. The normalized spacial score (nSPS) is 14.8. The van der Waals surface area contributed by atoms with Crippen molar-refractivity contribution in [2.75, 3.05) is 13.1 Å². The molecule has 3 rings (SSSR count). The Labute approximate surface area is 161 Å². The van der Waals surface area contributed by atoms with Crippen LogP contribution >= 0.6 is 11.3 Å². The van der Waals surface area contributed by atoms with E-state index < -0.39 is 24.0 Å². The first-order valence-electron chi connectivity index (χ1n) is 8.67. The molecular weight excluding hydrogens is 366 g/mol. The smallest absolute Gasteiger partial charge is 0.324 e. The second-order valence-electron chi connectivity index (χ2n) is 6.40. The number of aryl methyl sites for hydroxylation is 2. The minimum atomic E-state index is -1.02. The highest BCUT2D eigenvalue weighted by Gasteiger charge is 2.31. The van der Waals surface area contributed by atoms with Crippen LogP contribution in [0.5, 0.6) is 0 Å². The predicted octanol–water partition coefficient (Wildman–Crippen LogP) is 2.45. The molecule has 1 aliphatic rings. The summed E-state index contributed by atoms with van der Waals surface area (Å²) < 4.78 is 5.26. The van der Waals surface area contributed by atoms with Crippen LogP contribution < -0.4 is 5.32 Å². The number of aromatic nitrogens is 1. The molecule has 1 saturated heterocycles. The van der Waals surface area contributed by atoms with Crippen LogP contribution in [0.2, 0.25) is 0 Å². The van der Waals surface area contributed by atoms with Crippen molar-refractivity contribution in [3.63, 3.8) is 0 Å². The van der Waals surface area contributed by atoms with Gasteiger partial charge < -0.3 is 10.1 Å². The number of hydrogen-bond donors (Lipinski definition) is 1. The molecule has 1 aliphatic heterocycles. The molecule has 27 heavy (non-hydrogen) atoms. The summed E-state index contributed by atoms with van der Waals surface area (Å²) in [5.41, 5.74) is 2.84. The van der Waals surface area contributed by atoms with Gasteiger partial charge in [0.2, 0.25) is 0 Å². The maximum atomic E-state index is 12.4. The Bertz CT molecular complexity index is 876.